The third-order valence-corrected chi connectivity index (χ3v) is 16.4. The molecule has 15 rings (SSSR count). The third kappa shape index (κ3) is 31.3. The Balaban J connectivity index is 0.000000200. The Bertz CT molecular complexity index is 1020. The van der Waals surface area contributed by atoms with Crippen LogP contribution in [-0.2, 0) is 0 Å². The van der Waals surface area contributed by atoms with Gasteiger partial charge in [0.05, 0.1) is 0 Å². The highest BCUT2D eigenvalue weighted by Crippen LogP contribution is 2.58. The van der Waals surface area contributed by atoms with E-state index in [1.54, 1.807) is 167 Å². The topological polar surface area (TPSA) is 0 Å². The van der Waals surface area contributed by atoms with E-state index in [1.807, 2.05) is 0 Å². The van der Waals surface area contributed by atoms with Crippen LogP contribution in [0, 0.1) is 110 Å². The highest BCUT2D eigenvalue weighted by molar-refractivity contribution is 4.98. The van der Waals surface area contributed by atoms with Crippen molar-refractivity contribution < 1.29 is 0 Å². The van der Waals surface area contributed by atoms with Crippen LogP contribution < -0.4 is 0 Å². The van der Waals surface area contributed by atoms with Crippen molar-refractivity contribution in [1.29, 1.82) is 0 Å². The summed E-state index contributed by atoms with van der Waals surface area (Å²) in [7, 11) is 0. The SMILES string of the molecule is C1C2CC3CC1CC(C2)C3.C1C2CC3CC1CC3C2.C1CC2CCC1C2.C1CC2CCC1CC2.C1CC2CCCC2C1.CC(C)(C)C.CC(C)(C)C.CC(C)(C)C.CC(C)(C)C.CC(C)(C)C. The minimum atomic E-state index is 0.500. The second kappa shape index (κ2) is 27.9. The molecule has 15 fully saturated rings. The van der Waals surface area contributed by atoms with Crippen molar-refractivity contribution in [3.8, 4) is 0 Å². The first-order chi connectivity index (χ1) is 30.7. The normalized spacial score (nSPS) is 37.1. The number of hydrogen-bond donors (Lipinski definition) is 0. The molecule has 15 aliphatic carbocycles. The van der Waals surface area contributed by atoms with Crippen LogP contribution in [-0.4, -0.2) is 0 Å². The lowest BCUT2D eigenvalue weighted by molar-refractivity contribution is 0.0198. The van der Waals surface area contributed by atoms with E-state index in [0.717, 1.165) is 11.8 Å². The van der Waals surface area contributed by atoms with Gasteiger partial charge >= 0.3 is 0 Å². The zero-order chi connectivity index (χ0) is 50.4. The van der Waals surface area contributed by atoms with E-state index in [1.165, 1.54) is 83.9 Å². The van der Waals surface area contributed by atoms with Crippen molar-refractivity contribution in [2.45, 2.75) is 318 Å². The van der Waals surface area contributed by atoms with E-state index in [0.29, 0.717) is 27.1 Å². The first kappa shape index (κ1) is 61.3. The lowest BCUT2D eigenvalue weighted by atomic mass is 9.56. The van der Waals surface area contributed by atoms with E-state index in [-0.39, 0.29) is 0 Å². The fraction of sp³-hybridized carbons (Fsp3) is 1.00. The lowest BCUT2D eigenvalue weighted by Crippen LogP contribution is -2.38. The van der Waals surface area contributed by atoms with Crippen molar-refractivity contribution in [3.05, 3.63) is 0 Å². The zero-order valence-electron chi connectivity index (χ0n) is 50.4. The summed E-state index contributed by atoms with van der Waals surface area (Å²) in [5.74, 6) is 16.5. The molecule has 0 aromatic heterocycles. The fourth-order valence-electron chi connectivity index (χ4n) is 14.7. The van der Waals surface area contributed by atoms with Gasteiger partial charge < -0.3 is 0 Å². The highest BCUT2D eigenvalue weighted by atomic mass is 14.5. The Morgan fingerprint density at radius 1 is 0.164 bits per heavy atom. The van der Waals surface area contributed by atoms with Crippen LogP contribution in [0.25, 0.3) is 0 Å². The summed E-state index contributed by atoms with van der Waals surface area (Å²) in [4.78, 5) is 0. The van der Waals surface area contributed by atoms with Gasteiger partial charge in [-0.25, -0.2) is 0 Å². The van der Waals surface area contributed by atoms with Gasteiger partial charge in [0.1, 0.15) is 0 Å². The fourth-order valence-corrected chi connectivity index (χ4v) is 14.7. The molecule has 0 unspecified atom stereocenters. The van der Waals surface area contributed by atoms with Crippen LogP contribution in [0.15, 0.2) is 0 Å². The zero-order valence-corrected chi connectivity index (χ0v) is 50.4. The van der Waals surface area contributed by atoms with Crippen LogP contribution in [0.1, 0.15) is 318 Å². The highest BCUT2D eigenvalue weighted by Gasteiger charge is 2.47. The second-order valence-corrected chi connectivity index (χ2v) is 34.3. The molecule has 15 aliphatic rings. The standard InChI is InChI=1S/C10H16.C9H14.2C8H14.C7H12.5C5H12/c1-7-2-9-4-8(1)5-10(3-7)6-9;1-6-2-8-4-7(1)5-9(8)3-6;1-3-7-5-2-6-8(7)4-1;1-2-8-5-3-7(1)4-6-8;1-2-7-4-3-6(1)5-7;5*1-5(2,3)4/h7-10H,1-6H2;6-9H,1-5H2;2*7-8H,1-6H2;6-7H,1-5H2;5*1-4H3. The third-order valence-electron chi connectivity index (χ3n) is 16.4. The van der Waals surface area contributed by atoms with Crippen molar-refractivity contribution >= 4 is 0 Å². The molecular weight excluding hydrogens is 805 g/mol. The van der Waals surface area contributed by atoms with Gasteiger partial charge in [-0.15, -0.1) is 0 Å². The van der Waals surface area contributed by atoms with E-state index < -0.39 is 0 Å². The van der Waals surface area contributed by atoms with Gasteiger partial charge in [0, 0.05) is 0 Å². The van der Waals surface area contributed by atoms with Gasteiger partial charge in [0.15, 0.2) is 0 Å². The largest absolute Gasteiger partial charge is 0.0604 e. The van der Waals surface area contributed by atoms with Crippen LogP contribution in [0.3, 0.4) is 0 Å². The van der Waals surface area contributed by atoms with E-state index >= 15 is 0 Å². The van der Waals surface area contributed by atoms with Crippen LogP contribution in [0.4, 0.5) is 0 Å². The van der Waals surface area contributed by atoms with Crippen LogP contribution in [0.2, 0.25) is 0 Å². The van der Waals surface area contributed by atoms with E-state index in [9.17, 15) is 0 Å². The van der Waals surface area contributed by atoms with Crippen molar-refractivity contribution in [1.82, 2.24) is 0 Å². The summed E-state index contributed by atoms with van der Waals surface area (Å²) in [5, 5.41) is 0. The Kier molecular flexibility index (Phi) is 25.5. The molecule has 0 heterocycles. The Hall–Kier alpha value is 0. The van der Waals surface area contributed by atoms with Gasteiger partial charge in [-0.3, -0.25) is 0 Å². The summed E-state index contributed by atoms with van der Waals surface area (Å²) < 4.78 is 0. The number of rotatable bonds is 0. The van der Waals surface area contributed by atoms with Crippen molar-refractivity contribution in [3.63, 3.8) is 0 Å². The molecule has 67 heavy (non-hydrogen) atoms. The monoisotopic (exact) mass is 935 g/mol. The van der Waals surface area contributed by atoms with Gasteiger partial charge in [-0.05, 0) is 187 Å². The van der Waals surface area contributed by atoms with Crippen molar-refractivity contribution in [2.24, 2.45) is 110 Å². The molecule has 398 valence electrons. The van der Waals surface area contributed by atoms with Crippen LogP contribution >= 0.6 is 0 Å². The molecular formula is C67H130. The summed E-state index contributed by atoms with van der Waals surface area (Å²) >= 11 is 0. The summed E-state index contributed by atoms with van der Waals surface area (Å²) in [6.45, 7) is 43.8. The van der Waals surface area contributed by atoms with E-state index in [4.69, 9.17) is 0 Å². The summed E-state index contributed by atoms with van der Waals surface area (Å²) in [6, 6.07) is 0. The Labute approximate surface area is 426 Å². The maximum atomic E-state index is 2.19. The van der Waals surface area contributed by atoms with Gasteiger partial charge in [0.2, 0.25) is 0 Å². The first-order valence-corrected chi connectivity index (χ1v) is 30.7. The average molecular weight is 936 g/mol. The molecule has 0 nitrogen and oxygen atoms in total. The quantitative estimate of drug-likeness (QED) is 0.227. The molecule has 0 aromatic rings. The smallest absolute Gasteiger partial charge is 0.0380 e. The molecule has 12 bridgehead atoms. The maximum Gasteiger partial charge on any atom is -0.0380 e. The molecule has 0 atom stereocenters. The molecule has 15 saturated carbocycles. The molecule has 0 spiro atoms. The predicted molar refractivity (Wildman–Crippen MR) is 304 cm³/mol. The van der Waals surface area contributed by atoms with Crippen LogP contribution in [0.5, 0.6) is 0 Å². The molecule has 0 heteroatoms. The van der Waals surface area contributed by atoms with Gasteiger partial charge in [-0.2, -0.15) is 0 Å². The molecule has 0 saturated heterocycles. The maximum absolute atomic E-state index is 2.19. The Morgan fingerprint density at radius 2 is 0.313 bits per heavy atom. The van der Waals surface area contributed by atoms with Gasteiger partial charge in [0.25, 0.3) is 0 Å². The molecule has 0 amide bonds. The summed E-state index contributed by atoms with van der Waals surface area (Å²) in [5.41, 5.74) is 2.50. The Morgan fingerprint density at radius 3 is 0.448 bits per heavy atom. The molecule has 0 aliphatic heterocycles. The van der Waals surface area contributed by atoms with Crippen molar-refractivity contribution in [2.75, 3.05) is 0 Å². The second-order valence-electron chi connectivity index (χ2n) is 34.3. The molecule has 0 N–H and O–H groups in total. The molecule has 0 radical (unpaired) electrons. The van der Waals surface area contributed by atoms with Gasteiger partial charge in [-0.1, -0.05) is 241 Å². The average Bonchev–Trinajstić information content (AvgIpc) is 4.01. The van der Waals surface area contributed by atoms with E-state index in [2.05, 4.69) is 138 Å². The first-order valence-electron chi connectivity index (χ1n) is 30.7. The lowest BCUT2D eigenvalue weighted by Gasteiger charge is -2.49. The molecule has 0 aromatic carbocycles. The summed E-state index contributed by atoms with van der Waals surface area (Å²) in [6.07, 6.45) is 44.2. The number of hydrogen-bond acceptors (Lipinski definition) is 0. The minimum Gasteiger partial charge on any atom is -0.0604 e. The predicted octanol–water partition coefficient (Wildman–Crippen LogP) is 22.9. The minimum absolute atomic E-state index is 0.500. The number of fused-ring (bicyclic) bond motifs is 6.